The Hall–Kier alpha value is -2.74. The molecule has 33 heavy (non-hydrogen) atoms. The van der Waals surface area contributed by atoms with Gasteiger partial charge in [-0.05, 0) is 80.7 Å². The van der Waals surface area contributed by atoms with Gasteiger partial charge in [0, 0.05) is 42.6 Å². The van der Waals surface area contributed by atoms with Crippen molar-refractivity contribution in [3.05, 3.63) is 54.1 Å². The minimum atomic E-state index is -4.09. The van der Waals surface area contributed by atoms with Gasteiger partial charge in [0.2, 0.25) is 5.91 Å². The first-order valence-corrected chi connectivity index (χ1v) is 11.6. The Kier molecular flexibility index (Phi) is 7.42. The molecule has 0 unspecified atom stereocenters. The third-order valence-electron chi connectivity index (χ3n) is 6.61. The third kappa shape index (κ3) is 6.41. The molecule has 178 valence electrons. The van der Waals surface area contributed by atoms with E-state index in [1.54, 1.807) is 0 Å². The maximum Gasteiger partial charge on any atom is 0.391 e. The Morgan fingerprint density at radius 1 is 0.909 bits per heavy atom. The van der Waals surface area contributed by atoms with Crippen LogP contribution in [0.3, 0.4) is 0 Å². The molecule has 0 spiro atoms. The molecule has 0 saturated carbocycles. The number of benzene rings is 2. The smallest absolute Gasteiger partial charge is 0.372 e. The Labute approximate surface area is 192 Å². The zero-order chi connectivity index (χ0) is 23.3. The molecule has 0 aromatic heterocycles. The number of piperidine rings is 2. The molecule has 0 atom stereocenters. The minimum absolute atomic E-state index is 0.103. The number of halogens is 3. The van der Waals surface area contributed by atoms with Crippen molar-refractivity contribution < 1.29 is 18.0 Å². The van der Waals surface area contributed by atoms with Gasteiger partial charge < -0.3 is 20.9 Å². The fraction of sp³-hybridized carbons (Fsp3) is 0.480. The molecule has 2 aromatic carbocycles. The summed E-state index contributed by atoms with van der Waals surface area (Å²) in [4.78, 5) is 14.3. The summed E-state index contributed by atoms with van der Waals surface area (Å²) in [6.45, 7) is 3.16. The second-order valence-corrected chi connectivity index (χ2v) is 8.91. The molecule has 2 aromatic rings. The van der Waals surface area contributed by atoms with Crippen molar-refractivity contribution >= 4 is 23.0 Å². The molecule has 0 bridgehead atoms. The van der Waals surface area contributed by atoms with Gasteiger partial charge >= 0.3 is 6.18 Å². The summed E-state index contributed by atoms with van der Waals surface area (Å²) in [5.41, 5.74) is 3.83. The molecular formula is C25H31F3N4O. The van der Waals surface area contributed by atoms with Gasteiger partial charge in [0.15, 0.2) is 0 Å². The summed E-state index contributed by atoms with van der Waals surface area (Å²) in [6, 6.07) is 15.7. The van der Waals surface area contributed by atoms with E-state index >= 15 is 0 Å². The lowest BCUT2D eigenvalue weighted by Crippen LogP contribution is -2.38. The van der Waals surface area contributed by atoms with E-state index in [1.807, 2.05) is 53.4 Å². The molecular weight excluding hydrogens is 429 g/mol. The number of carbonyl (C=O) groups is 1. The number of hydrogen-bond donors (Lipinski definition) is 3. The second kappa shape index (κ2) is 10.5. The highest BCUT2D eigenvalue weighted by Gasteiger charge is 2.41. The highest BCUT2D eigenvalue weighted by atomic mass is 19.4. The Bertz CT molecular complexity index is 901. The number of nitrogens with one attached hydrogen (secondary N) is 3. The zero-order valence-electron chi connectivity index (χ0n) is 18.6. The van der Waals surface area contributed by atoms with Crippen LogP contribution in [0, 0.1) is 11.8 Å². The first kappa shape index (κ1) is 23.4. The third-order valence-corrected chi connectivity index (χ3v) is 6.61. The van der Waals surface area contributed by atoms with Gasteiger partial charge in [-0.1, -0.05) is 12.1 Å². The number of carbonyl (C=O) groups excluding carboxylic acids is 1. The van der Waals surface area contributed by atoms with Gasteiger partial charge in [-0.3, -0.25) is 4.79 Å². The summed E-state index contributed by atoms with van der Waals surface area (Å²) in [5, 5.41) is 9.64. The van der Waals surface area contributed by atoms with Crippen molar-refractivity contribution in [1.29, 1.82) is 0 Å². The van der Waals surface area contributed by atoms with Crippen molar-refractivity contribution in [1.82, 2.24) is 10.6 Å². The van der Waals surface area contributed by atoms with Gasteiger partial charge in [-0.15, -0.1) is 0 Å². The Morgan fingerprint density at radius 3 is 2.06 bits per heavy atom. The maximum atomic E-state index is 12.9. The molecule has 0 radical (unpaired) electrons. The predicted molar refractivity (Wildman–Crippen MR) is 125 cm³/mol. The lowest BCUT2D eigenvalue weighted by molar-refractivity contribution is -0.179. The molecule has 1 amide bonds. The molecule has 8 heteroatoms. The molecule has 2 aliphatic heterocycles. The van der Waals surface area contributed by atoms with Crippen LogP contribution in [0.1, 0.15) is 31.2 Å². The van der Waals surface area contributed by atoms with E-state index in [1.165, 1.54) is 0 Å². The number of alkyl halides is 3. The molecule has 2 heterocycles. The summed E-state index contributed by atoms with van der Waals surface area (Å²) >= 11 is 0. The van der Waals surface area contributed by atoms with Crippen LogP contribution >= 0.6 is 0 Å². The molecule has 0 aliphatic carbocycles. The highest BCUT2D eigenvalue weighted by Crippen LogP contribution is 2.35. The van der Waals surface area contributed by atoms with Crippen LogP contribution in [0.5, 0.6) is 0 Å². The van der Waals surface area contributed by atoms with Crippen LogP contribution in [0.15, 0.2) is 48.5 Å². The summed E-state index contributed by atoms with van der Waals surface area (Å²) in [5.74, 6) is -0.955. The average Bonchev–Trinajstić information content (AvgIpc) is 2.84. The Morgan fingerprint density at radius 2 is 1.48 bits per heavy atom. The molecule has 2 fully saturated rings. The summed E-state index contributed by atoms with van der Waals surface area (Å²) in [7, 11) is 0. The predicted octanol–water partition coefficient (Wildman–Crippen LogP) is 4.82. The number of hydrogen-bond acceptors (Lipinski definition) is 4. The van der Waals surface area contributed by atoms with Crippen molar-refractivity contribution in [2.75, 3.05) is 36.4 Å². The van der Waals surface area contributed by atoms with Crippen LogP contribution in [0.2, 0.25) is 0 Å². The van der Waals surface area contributed by atoms with E-state index in [2.05, 4.69) is 16.0 Å². The van der Waals surface area contributed by atoms with Crippen LogP contribution < -0.4 is 20.9 Å². The van der Waals surface area contributed by atoms with Crippen LogP contribution in [0.4, 0.5) is 30.2 Å². The maximum absolute atomic E-state index is 12.9. The highest BCUT2D eigenvalue weighted by molar-refractivity contribution is 5.78. The van der Waals surface area contributed by atoms with Crippen molar-refractivity contribution in [3.8, 4) is 0 Å². The number of rotatable bonds is 6. The molecule has 4 rings (SSSR count). The van der Waals surface area contributed by atoms with Crippen molar-refractivity contribution in [2.24, 2.45) is 11.8 Å². The van der Waals surface area contributed by atoms with E-state index in [0.717, 1.165) is 48.6 Å². The number of nitrogens with zero attached hydrogens (tertiary/aromatic N) is 1. The monoisotopic (exact) mass is 460 g/mol. The first-order chi connectivity index (χ1) is 15.9. The quantitative estimate of drug-likeness (QED) is 0.578. The largest absolute Gasteiger partial charge is 0.391 e. The second-order valence-electron chi connectivity index (χ2n) is 8.91. The molecule has 2 saturated heterocycles. The SMILES string of the molecule is O=C(NCc1ccc(Nc2ccc(N3CCC(C(F)(F)F)CC3)cc2)cc1)C1CCNCC1. The normalized spacial score (nSPS) is 18.2. The van der Waals surface area contributed by atoms with Gasteiger partial charge in [0.05, 0.1) is 5.92 Å². The zero-order valence-corrected chi connectivity index (χ0v) is 18.6. The van der Waals surface area contributed by atoms with E-state index in [9.17, 15) is 18.0 Å². The molecule has 5 nitrogen and oxygen atoms in total. The standard InChI is InChI=1S/C25H31F3N4O/c26-25(27,28)20-11-15-32(16-12-20)23-7-5-22(6-8-23)31-21-3-1-18(2-4-21)17-30-24(33)19-9-13-29-14-10-19/h1-8,19-20,29,31H,9-17H2,(H,30,33). The van der Waals surface area contributed by atoms with Crippen LogP contribution in [0.25, 0.3) is 0 Å². The van der Waals surface area contributed by atoms with Gasteiger partial charge in [-0.2, -0.15) is 13.2 Å². The van der Waals surface area contributed by atoms with E-state index < -0.39 is 12.1 Å². The minimum Gasteiger partial charge on any atom is -0.372 e. The average molecular weight is 461 g/mol. The van der Waals surface area contributed by atoms with Gasteiger partial charge in [0.1, 0.15) is 0 Å². The van der Waals surface area contributed by atoms with Crippen LogP contribution in [-0.4, -0.2) is 38.3 Å². The summed E-state index contributed by atoms with van der Waals surface area (Å²) in [6.07, 6.45) is -2.02. The van der Waals surface area contributed by atoms with Crippen molar-refractivity contribution in [3.63, 3.8) is 0 Å². The van der Waals surface area contributed by atoms with E-state index in [4.69, 9.17) is 0 Å². The Balaban J connectivity index is 1.25. The van der Waals surface area contributed by atoms with Gasteiger partial charge in [-0.25, -0.2) is 0 Å². The topological polar surface area (TPSA) is 56.4 Å². The van der Waals surface area contributed by atoms with Crippen LogP contribution in [-0.2, 0) is 11.3 Å². The molecule has 3 N–H and O–H groups in total. The number of anilines is 3. The number of amides is 1. The van der Waals surface area contributed by atoms with Gasteiger partial charge in [0.25, 0.3) is 0 Å². The lowest BCUT2D eigenvalue weighted by atomic mass is 9.96. The summed E-state index contributed by atoms with van der Waals surface area (Å²) < 4.78 is 38.6. The lowest BCUT2D eigenvalue weighted by Gasteiger charge is -2.34. The fourth-order valence-corrected chi connectivity index (χ4v) is 4.51. The first-order valence-electron chi connectivity index (χ1n) is 11.6. The molecule has 2 aliphatic rings. The van der Waals surface area contributed by atoms with E-state index in [0.29, 0.717) is 19.6 Å². The van der Waals surface area contributed by atoms with Crippen molar-refractivity contribution in [2.45, 2.75) is 38.4 Å². The van der Waals surface area contributed by atoms with E-state index in [-0.39, 0.29) is 24.7 Å². The fourth-order valence-electron chi connectivity index (χ4n) is 4.51.